The molecule has 1 aromatic rings. The van der Waals surface area contributed by atoms with Crippen LogP contribution in [0.15, 0.2) is 24.3 Å². The smallest absolute Gasteiger partial charge is 0.307 e. The third-order valence-electron chi connectivity index (χ3n) is 2.63. The second-order valence-corrected chi connectivity index (χ2v) is 5.95. The summed E-state index contributed by atoms with van der Waals surface area (Å²) in [6.07, 6.45) is 0.857. The summed E-state index contributed by atoms with van der Waals surface area (Å²) in [6.45, 7) is 5.66. The molecule has 1 rings (SSSR count). The van der Waals surface area contributed by atoms with Gasteiger partial charge in [0.2, 0.25) is 0 Å². The Bertz CT molecular complexity index is 503. The second kappa shape index (κ2) is 8.43. The summed E-state index contributed by atoms with van der Waals surface area (Å²) in [7, 11) is 0.147. The van der Waals surface area contributed by atoms with E-state index in [1.165, 1.54) is 0 Å². The molecule has 0 saturated carbocycles. The summed E-state index contributed by atoms with van der Waals surface area (Å²) in [5.41, 5.74) is 5.74. The molecule has 0 fully saturated rings. The van der Waals surface area contributed by atoms with Gasteiger partial charge in [0.1, 0.15) is 18.0 Å². The summed E-state index contributed by atoms with van der Waals surface area (Å²) >= 11 is 0. The molecule has 0 heterocycles. The number of nitrogen functional groups attached to an aromatic ring is 1. The van der Waals surface area contributed by atoms with Gasteiger partial charge in [-0.2, -0.15) is 0 Å². The molecule has 0 bridgehead atoms. The van der Waals surface area contributed by atoms with E-state index in [9.17, 15) is 9.59 Å². The van der Waals surface area contributed by atoms with Crippen LogP contribution in [-0.2, 0) is 14.3 Å². The summed E-state index contributed by atoms with van der Waals surface area (Å²) in [5.74, 6) is 0.272. The molecule has 0 spiro atoms. The summed E-state index contributed by atoms with van der Waals surface area (Å²) < 4.78 is 10.9. The number of ether oxygens (including phenoxy) is 2. The molecular formula is C15H23BN2O4. The predicted molar refractivity (Wildman–Crippen MR) is 87.6 cm³/mol. The standard InChI is InChI=1S/C15H23BN2O4/c1-15(2,3)22-14(20)8-12(18-16-10-19)9-21-13-6-4-5-11(17)7-13/h4-7,10,12,16,18H,8-9,17H2,1-3H3/t12-/m1/s1. The summed E-state index contributed by atoms with van der Waals surface area (Å²) in [6, 6.07) is 6.70. The van der Waals surface area contributed by atoms with Crippen molar-refractivity contribution in [2.45, 2.75) is 38.8 Å². The van der Waals surface area contributed by atoms with Crippen molar-refractivity contribution in [3.63, 3.8) is 0 Å². The second-order valence-electron chi connectivity index (χ2n) is 5.95. The highest BCUT2D eigenvalue weighted by Crippen LogP contribution is 2.15. The minimum Gasteiger partial charge on any atom is -0.492 e. The highest BCUT2D eigenvalue weighted by molar-refractivity contribution is 6.64. The molecule has 0 aromatic heterocycles. The summed E-state index contributed by atoms with van der Waals surface area (Å²) in [5, 5.41) is 2.95. The number of benzene rings is 1. The Labute approximate surface area is 131 Å². The lowest BCUT2D eigenvalue weighted by Gasteiger charge is -2.22. The predicted octanol–water partition coefficient (Wildman–Crippen LogP) is 0.879. The first-order valence-electron chi connectivity index (χ1n) is 7.17. The van der Waals surface area contributed by atoms with E-state index in [0.29, 0.717) is 11.4 Å². The van der Waals surface area contributed by atoms with Crippen molar-refractivity contribution in [2.24, 2.45) is 0 Å². The zero-order valence-electron chi connectivity index (χ0n) is 13.3. The lowest BCUT2D eigenvalue weighted by atomic mass is 9.96. The molecule has 0 aliphatic carbocycles. The largest absolute Gasteiger partial charge is 0.492 e. The third-order valence-corrected chi connectivity index (χ3v) is 2.63. The Balaban J connectivity index is 2.56. The molecule has 120 valence electrons. The van der Waals surface area contributed by atoms with Crippen LogP contribution in [0.3, 0.4) is 0 Å². The van der Waals surface area contributed by atoms with Crippen molar-refractivity contribution in [2.75, 3.05) is 12.3 Å². The average molecular weight is 306 g/mol. The first-order chi connectivity index (χ1) is 10.3. The normalized spacial score (nSPS) is 12.3. The molecule has 1 aromatic carbocycles. The maximum atomic E-state index is 11.9. The molecule has 0 radical (unpaired) electrons. The minimum atomic E-state index is -0.541. The van der Waals surface area contributed by atoms with Crippen molar-refractivity contribution in [1.82, 2.24) is 5.23 Å². The number of nitrogens with one attached hydrogen (secondary N) is 1. The lowest BCUT2D eigenvalue weighted by molar-refractivity contribution is -0.155. The quantitative estimate of drug-likeness (QED) is 0.321. The SMILES string of the molecule is CC(C)(C)OC(=O)C[C@H](COc1cccc(N)c1)NBC=O. The monoisotopic (exact) mass is 306 g/mol. The fraction of sp³-hybridized carbons (Fsp3) is 0.467. The van der Waals surface area contributed by atoms with Gasteiger partial charge in [-0.1, -0.05) is 6.07 Å². The molecule has 6 nitrogen and oxygen atoms in total. The van der Waals surface area contributed by atoms with Crippen LogP contribution in [0.5, 0.6) is 5.75 Å². The van der Waals surface area contributed by atoms with Crippen LogP contribution in [-0.4, -0.2) is 37.8 Å². The van der Waals surface area contributed by atoms with Gasteiger partial charge >= 0.3 is 5.97 Å². The highest BCUT2D eigenvalue weighted by Gasteiger charge is 2.20. The van der Waals surface area contributed by atoms with E-state index in [-0.39, 0.29) is 32.5 Å². The number of nitrogens with two attached hydrogens (primary N) is 1. The number of esters is 1. The van der Waals surface area contributed by atoms with Crippen LogP contribution in [0.2, 0.25) is 0 Å². The fourth-order valence-electron chi connectivity index (χ4n) is 1.79. The maximum absolute atomic E-state index is 11.9. The van der Waals surface area contributed by atoms with E-state index in [1.54, 1.807) is 24.3 Å². The van der Waals surface area contributed by atoms with E-state index in [0.717, 1.165) is 6.19 Å². The van der Waals surface area contributed by atoms with Crippen LogP contribution in [0, 0.1) is 0 Å². The van der Waals surface area contributed by atoms with Gasteiger partial charge in [0.05, 0.1) is 12.6 Å². The molecule has 0 unspecified atom stereocenters. The first-order valence-corrected chi connectivity index (χ1v) is 7.17. The fourth-order valence-corrected chi connectivity index (χ4v) is 1.79. The van der Waals surface area contributed by atoms with Gasteiger partial charge in [-0.3, -0.25) is 4.79 Å². The lowest BCUT2D eigenvalue weighted by Crippen LogP contribution is -2.40. The summed E-state index contributed by atoms with van der Waals surface area (Å²) in [4.78, 5) is 22.4. The Morgan fingerprint density at radius 1 is 1.45 bits per heavy atom. The third kappa shape index (κ3) is 7.68. The zero-order chi connectivity index (χ0) is 16.6. The minimum absolute atomic E-state index is 0.118. The Morgan fingerprint density at radius 3 is 2.77 bits per heavy atom. The Kier molecular flexibility index (Phi) is 6.91. The molecule has 3 N–H and O–H groups in total. The van der Waals surface area contributed by atoms with E-state index in [1.807, 2.05) is 20.8 Å². The molecule has 22 heavy (non-hydrogen) atoms. The number of rotatable bonds is 8. The van der Waals surface area contributed by atoms with Crippen molar-refractivity contribution in [3.05, 3.63) is 24.3 Å². The first kappa shape index (κ1) is 18.0. The van der Waals surface area contributed by atoms with Crippen LogP contribution >= 0.6 is 0 Å². The van der Waals surface area contributed by atoms with E-state index in [4.69, 9.17) is 15.2 Å². The number of hydrogen-bond acceptors (Lipinski definition) is 6. The average Bonchev–Trinajstić information content (AvgIpc) is 2.40. The topological polar surface area (TPSA) is 90.7 Å². The molecule has 0 amide bonds. The van der Waals surface area contributed by atoms with Gasteiger partial charge in [0.25, 0.3) is 7.41 Å². The molecular weight excluding hydrogens is 283 g/mol. The number of anilines is 1. The highest BCUT2D eigenvalue weighted by atomic mass is 16.6. The maximum Gasteiger partial charge on any atom is 0.307 e. The zero-order valence-corrected chi connectivity index (χ0v) is 13.3. The molecule has 0 aliphatic rings. The van der Waals surface area contributed by atoms with Gasteiger partial charge in [-0.05, 0) is 32.9 Å². The molecule has 0 saturated heterocycles. The Hall–Kier alpha value is -2.02. The van der Waals surface area contributed by atoms with Crippen LogP contribution < -0.4 is 15.7 Å². The van der Waals surface area contributed by atoms with Crippen molar-refractivity contribution >= 4 is 25.3 Å². The van der Waals surface area contributed by atoms with Crippen LogP contribution in [0.4, 0.5) is 5.69 Å². The van der Waals surface area contributed by atoms with Gasteiger partial charge in [0.15, 0.2) is 0 Å². The van der Waals surface area contributed by atoms with Gasteiger partial charge in [-0.25, -0.2) is 0 Å². The number of carbonyl (C=O) groups is 2. The van der Waals surface area contributed by atoms with Crippen molar-refractivity contribution in [3.8, 4) is 5.75 Å². The van der Waals surface area contributed by atoms with E-state index >= 15 is 0 Å². The number of carbonyl (C=O) groups excluding carboxylic acids is 2. The van der Waals surface area contributed by atoms with E-state index in [2.05, 4.69) is 5.23 Å². The van der Waals surface area contributed by atoms with Crippen LogP contribution in [0.1, 0.15) is 27.2 Å². The van der Waals surface area contributed by atoms with Gasteiger partial charge in [0, 0.05) is 17.8 Å². The van der Waals surface area contributed by atoms with Gasteiger partial charge in [-0.15, -0.1) is 0 Å². The molecule has 0 aliphatic heterocycles. The van der Waals surface area contributed by atoms with Crippen molar-refractivity contribution < 1.29 is 19.1 Å². The Morgan fingerprint density at radius 2 is 2.18 bits per heavy atom. The molecule has 1 atom stereocenters. The number of hydrogen-bond donors (Lipinski definition) is 2. The molecule has 7 heteroatoms. The van der Waals surface area contributed by atoms with Crippen LogP contribution in [0.25, 0.3) is 0 Å². The van der Waals surface area contributed by atoms with Gasteiger partial charge < -0.3 is 25.2 Å². The van der Waals surface area contributed by atoms with Crippen molar-refractivity contribution in [1.29, 1.82) is 0 Å². The van der Waals surface area contributed by atoms with E-state index < -0.39 is 5.60 Å².